The maximum atomic E-state index is 13.1. The average Bonchev–Trinajstić information content (AvgIpc) is 2.28. The molecular weight excluding hydrogens is 273 g/mol. The highest BCUT2D eigenvalue weighted by Crippen LogP contribution is 2.19. The summed E-state index contributed by atoms with van der Waals surface area (Å²) < 4.78 is 61.5. The number of nitrogens with one attached hydrogen (secondary N) is 1. The molecule has 2 N–H and O–H groups in total. The highest BCUT2D eigenvalue weighted by Gasteiger charge is 2.38. The van der Waals surface area contributed by atoms with Crippen molar-refractivity contribution in [2.24, 2.45) is 0 Å². The van der Waals surface area contributed by atoms with Crippen LogP contribution in [0.15, 0.2) is 18.2 Å². The van der Waals surface area contributed by atoms with Gasteiger partial charge in [0.25, 0.3) is 0 Å². The van der Waals surface area contributed by atoms with E-state index in [0.29, 0.717) is 6.07 Å². The van der Waals surface area contributed by atoms with E-state index in [0.717, 1.165) is 12.1 Å². The predicted octanol–water partition coefficient (Wildman–Crippen LogP) is 1.55. The Kier molecular flexibility index (Phi) is 4.82. The first-order chi connectivity index (χ1) is 8.70. The lowest BCUT2D eigenvalue weighted by Gasteiger charge is -2.15. The zero-order chi connectivity index (χ0) is 14.6. The van der Waals surface area contributed by atoms with E-state index in [1.54, 1.807) is 0 Å². The number of aliphatic hydroxyl groups is 1. The molecule has 3 nitrogen and oxygen atoms in total. The van der Waals surface area contributed by atoms with Crippen LogP contribution in [0.5, 0.6) is 0 Å². The van der Waals surface area contributed by atoms with E-state index in [-0.39, 0.29) is 5.56 Å². The molecule has 0 aliphatic heterocycles. The topological polar surface area (TPSA) is 49.3 Å². The number of halogens is 5. The van der Waals surface area contributed by atoms with Crippen LogP contribution in [-0.4, -0.2) is 29.8 Å². The molecule has 106 valence electrons. The third-order valence-corrected chi connectivity index (χ3v) is 2.24. The minimum absolute atomic E-state index is 0.152. The highest BCUT2D eigenvalue weighted by molar-refractivity contribution is 5.78. The lowest BCUT2D eigenvalue weighted by Crippen LogP contribution is -2.41. The van der Waals surface area contributed by atoms with Crippen molar-refractivity contribution in [1.82, 2.24) is 5.32 Å². The average molecular weight is 283 g/mol. The van der Waals surface area contributed by atoms with Gasteiger partial charge in [0.15, 0.2) is 6.10 Å². The van der Waals surface area contributed by atoms with Gasteiger partial charge < -0.3 is 10.4 Å². The fourth-order valence-electron chi connectivity index (χ4n) is 1.23. The number of hydrogen-bond donors (Lipinski definition) is 2. The molecule has 0 bridgehead atoms. The van der Waals surface area contributed by atoms with E-state index < -0.39 is 42.8 Å². The van der Waals surface area contributed by atoms with E-state index in [1.165, 1.54) is 0 Å². The molecule has 0 spiro atoms. The maximum Gasteiger partial charge on any atom is 0.416 e. The molecule has 1 unspecified atom stereocenters. The molecular formula is C11H10F5NO2. The SMILES string of the molecule is O=C(Cc1ccc(F)cc1F)NCC(O)C(F)(F)F. The minimum atomic E-state index is -4.84. The van der Waals surface area contributed by atoms with Crippen LogP contribution in [0.1, 0.15) is 5.56 Å². The van der Waals surface area contributed by atoms with Crippen LogP contribution in [0.25, 0.3) is 0 Å². The van der Waals surface area contributed by atoms with Crippen LogP contribution < -0.4 is 5.32 Å². The van der Waals surface area contributed by atoms with Gasteiger partial charge >= 0.3 is 6.18 Å². The van der Waals surface area contributed by atoms with Gasteiger partial charge in [-0.2, -0.15) is 13.2 Å². The molecule has 0 fully saturated rings. The molecule has 1 atom stereocenters. The number of hydrogen-bond acceptors (Lipinski definition) is 2. The summed E-state index contributed by atoms with van der Waals surface area (Å²) in [5.41, 5.74) is -0.152. The quantitative estimate of drug-likeness (QED) is 0.824. The summed E-state index contributed by atoms with van der Waals surface area (Å²) in [5.74, 6) is -2.70. The molecule has 0 aliphatic rings. The lowest BCUT2D eigenvalue weighted by molar-refractivity contribution is -0.201. The van der Waals surface area contributed by atoms with E-state index in [2.05, 4.69) is 0 Å². The molecule has 8 heteroatoms. The van der Waals surface area contributed by atoms with Gasteiger partial charge in [0, 0.05) is 6.07 Å². The zero-order valence-electron chi connectivity index (χ0n) is 9.47. The number of carbonyl (C=O) groups excluding carboxylic acids is 1. The van der Waals surface area contributed by atoms with Gasteiger partial charge in [0.1, 0.15) is 11.6 Å². The Morgan fingerprint density at radius 3 is 2.47 bits per heavy atom. The fraction of sp³-hybridized carbons (Fsp3) is 0.364. The van der Waals surface area contributed by atoms with Crippen molar-refractivity contribution in [3.63, 3.8) is 0 Å². The zero-order valence-corrected chi connectivity index (χ0v) is 9.47. The van der Waals surface area contributed by atoms with E-state index in [4.69, 9.17) is 5.11 Å². The molecule has 1 amide bonds. The van der Waals surface area contributed by atoms with Crippen LogP contribution in [0.2, 0.25) is 0 Å². The van der Waals surface area contributed by atoms with Crippen molar-refractivity contribution in [2.75, 3.05) is 6.54 Å². The van der Waals surface area contributed by atoms with Crippen LogP contribution in [0.3, 0.4) is 0 Å². The monoisotopic (exact) mass is 283 g/mol. The first-order valence-corrected chi connectivity index (χ1v) is 5.15. The van der Waals surface area contributed by atoms with Crippen molar-refractivity contribution in [1.29, 1.82) is 0 Å². The Morgan fingerprint density at radius 2 is 1.95 bits per heavy atom. The molecule has 0 heterocycles. The summed E-state index contributed by atoms with van der Waals surface area (Å²) in [6, 6.07) is 2.51. The molecule has 0 saturated heterocycles. The molecule has 19 heavy (non-hydrogen) atoms. The molecule has 0 radical (unpaired) electrons. The largest absolute Gasteiger partial charge is 0.416 e. The standard InChI is InChI=1S/C11H10F5NO2/c12-7-2-1-6(8(13)4-7)3-10(19)17-5-9(18)11(14,15)16/h1-2,4,9,18H,3,5H2,(H,17,19). The van der Waals surface area contributed by atoms with Crippen LogP contribution in [0.4, 0.5) is 22.0 Å². The van der Waals surface area contributed by atoms with Crippen molar-refractivity contribution < 1.29 is 31.9 Å². The van der Waals surface area contributed by atoms with Gasteiger partial charge in [-0.05, 0) is 11.6 Å². The third kappa shape index (κ3) is 4.82. The summed E-state index contributed by atoms with van der Waals surface area (Å²) in [6.07, 6.45) is -8.07. The number of carbonyl (C=O) groups is 1. The number of alkyl halides is 3. The van der Waals surface area contributed by atoms with Crippen molar-refractivity contribution in [3.05, 3.63) is 35.4 Å². The third-order valence-electron chi connectivity index (χ3n) is 2.24. The summed E-state index contributed by atoms with van der Waals surface area (Å²) in [7, 11) is 0. The summed E-state index contributed by atoms with van der Waals surface area (Å²) >= 11 is 0. The predicted molar refractivity (Wildman–Crippen MR) is 55.1 cm³/mol. The molecule has 0 aromatic heterocycles. The maximum absolute atomic E-state index is 13.1. The summed E-state index contributed by atoms with van der Waals surface area (Å²) in [4.78, 5) is 11.2. The Morgan fingerprint density at radius 1 is 1.32 bits per heavy atom. The Labute approximate surface area is 105 Å². The van der Waals surface area contributed by atoms with Crippen molar-refractivity contribution in [3.8, 4) is 0 Å². The second-order valence-electron chi connectivity index (χ2n) is 3.77. The van der Waals surface area contributed by atoms with Gasteiger partial charge in [-0.3, -0.25) is 4.79 Å². The van der Waals surface area contributed by atoms with Crippen LogP contribution >= 0.6 is 0 Å². The van der Waals surface area contributed by atoms with E-state index >= 15 is 0 Å². The smallest absolute Gasteiger partial charge is 0.382 e. The Balaban J connectivity index is 2.52. The lowest BCUT2D eigenvalue weighted by atomic mass is 10.1. The van der Waals surface area contributed by atoms with Gasteiger partial charge in [-0.15, -0.1) is 0 Å². The van der Waals surface area contributed by atoms with Gasteiger partial charge in [0.2, 0.25) is 5.91 Å². The molecule has 1 rings (SSSR count). The molecule has 1 aromatic carbocycles. The number of amides is 1. The van der Waals surface area contributed by atoms with E-state index in [1.807, 2.05) is 5.32 Å². The van der Waals surface area contributed by atoms with E-state index in [9.17, 15) is 26.7 Å². The normalized spacial score (nSPS) is 13.2. The Bertz CT molecular complexity index is 461. The number of rotatable bonds is 4. The second kappa shape index (κ2) is 5.96. The molecule has 0 aliphatic carbocycles. The highest BCUT2D eigenvalue weighted by atomic mass is 19.4. The second-order valence-corrected chi connectivity index (χ2v) is 3.77. The van der Waals surface area contributed by atoms with Crippen LogP contribution in [0, 0.1) is 11.6 Å². The first-order valence-electron chi connectivity index (χ1n) is 5.15. The number of aliphatic hydroxyl groups excluding tert-OH is 1. The summed E-state index contributed by atoms with van der Waals surface area (Å²) in [5, 5.41) is 10.4. The Hall–Kier alpha value is -1.70. The first kappa shape index (κ1) is 15.4. The van der Waals surface area contributed by atoms with Gasteiger partial charge in [-0.1, -0.05) is 6.07 Å². The minimum Gasteiger partial charge on any atom is -0.382 e. The molecule has 1 aromatic rings. The van der Waals surface area contributed by atoms with Crippen LogP contribution in [-0.2, 0) is 11.2 Å². The fourth-order valence-corrected chi connectivity index (χ4v) is 1.23. The summed E-state index contributed by atoms with van der Waals surface area (Å²) in [6.45, 7) is -1.02. The van der Waals surface area contributed by atoms with Crippen molar-refractivity contribution in [2.45, 2.75) is 18.7 Å². The van der Waals surface area contributed by atoms with Crippen molar-refractivity contribution >= 4 is 5.91 Å². The van der Waals surface area contributed by atoms with Gasteiger partial charge in [-0.25, -0.2) is 8.78 Å². The molecule has 0 saturated carbocycles. The number of benzene rings is 1. The van der Waals surface area contributed by atoms with Gasteiger partial charge in [0.05, 0.1) is 13.0 Å².